The second kappa shape index (κ2) is 5.77. The van der Waals surface area contributed by atoms with Crippen LogP contribution in [-0.4, -0.2) is 20.1 Å². The van der Waals surface area contributed by atoms with Gasteiger partial charge in [-0.05, 0) is 54.8 Å². The molecule has 0 unspecified atom stereocenters. The molecule has 1 aliphatic rings. The van der Waals surface area contributed by atoms with Crippen LogP contribution in [0.4, 0.5) is 0 Å². The molecule has 0 fully saturated rings. The SMILES string of the molecule is Cc1cc(C)c(C2=CC=CN([Si](C)(C)C(C)(C)C)B2)c(C)c1. The van der Waals surface area contributed by atoms with Crippen molar-refractivity contribution >= 4 is 21.1 Å². The second-order valence-corrected chi connectivity index (χ2v) is 13.4. The number of hydrogen-bond acceptors (Lipinski definition) is 1. The van der Waals surface area contributed by atoms with Gasteiger partial charge in [0.25, 0.3) is 7.41 Å². The van der Waals surface area contributed by atoms with E-state index in [1.165, 1.54) is 27.7 Å². The average Bonchev–Trinajstić information content (AvgIpc) is 2.36. The molecule has 0 bridgehead atoms. The van der Waals surface area contributed by atoms with Gasteiger partial charge in [-0.2, -0.15) is 0 Å². The second-order valence-electron chi connectivity index (χ2n) is 8.24. The van der Waals surface area contributed by atoms with Gasteiger partial charge < -0.3 is 4.48 Å². The molecule has 0 amide bonds. The lowest BCUT2D eigenvalue weighted by molar-refractivity contribution is 0.658. The molecule has 0 saturated carbocycles. The summed E-state index contributed by atoms with van der Waals surface area (Å²) in [5, 5.41) is 0.358. The van der Waals surface area contributed by atoms with E-state index in [0.717, 1.165) is 7.41 Å². The van der Waals surface area contributed by atoms with E-state index in [9.17, 15) is 0 Å². The summed E-state index contributed by atoms with van der Waals surface area (Å²) in [6.45, 7) is 18.8. The molecule has 118 valence electrons. The van der Waals surface area contributed by atoms with E-state index >= 15 is 0 Å². The van der Waals surface area contributed by atoms with Gasteiger partial charge in [-0.25, -0.2) is 0 Å². The molecule has 0 N–H and O–H groups in total. The predicted octanol–water partition coefficient (Wildman–Crippen LogP) is 5.14. The lowest BCUT2D eigenvalue weighted by Gasteiger charge is -2.47. The van der Waals surface area contributed by atoms with Gasteiger partial charge >= 0.3 is 0 Å². The van der Waals surface area contributed by atoms with Crippen LogP contribution in [0.15, 0.2) is 30.5 Å². The minimum Gasteiger partial charge on any atom is -0.447 e. The molecule has 2 rings (SSSR count). The molecule has 1 aromatic rings. The van der Waals surface area contributed by atoms with Crippen LogP contribution in [0.25, 0.3) is 5.47 Å². The van der Waals surface area contributed by atoms with Crippen molar-refractivity contribution in [2.45, 2.75) is 59.7 Å². The lowest BCUT2D eigenvalue weighted by Crippen LogP contribution is -2.54. The Balaban J connectivity index is 2.38. The monoisotopic (exact) mass is 311 g/mol. The molecule has 1 aromatic carbocycles. The van der Waals surface area contributed by atoms with Gasteiger partial charge in [-0.3, -0.25) is 0 Å². The van der Waals surface area contributed by atoms with Gasteiger partial charge in [-0.1, -0.05) is 63.1 Å². The Morgan fingerprint density at radius 2 is 1.55 bits per heavy atom. The van der Waals surface area contributed by atoms with E-state index in [4.69, 9.17) is 0 Å². The van der Waals surface area contributed by atoms with Gasteiger partial charge in [0.05, 0.1) is 0 Å². The van der Waals surface area contributed by atoms with E-state index in [1.54, 1.807) is 0 Å². The molecular weight excluding hydrogens is 281 g/mol. The molecule has 1 nitrogen and oxygen atoms in total. The van der Waals surface area contributed by atoms with Crippen molar-refractivity contribution < 1.29 is 0 Å². The predicted molar refractivity (Wildman–Crippen MR) is 104 cm³/mol. The van der Waals surface area contributed by atoms with Gasteiger partial charge in [0.2, 0.25) is 0 Å². The van der Waals surface area contributed by atoms with Crippen molar-refractivity contribution in [3.05, 3.63) is 52.7 Å². The van der Waals surface area contributed by atoms with Crippen LogP contribution in [0, 0.1) is 20.8 Å². The normalized spacial score (nSPS) is 15.6. The number of rotatable bonds is 2. The fourth-order valence-electron chi connectivity index (χ4n) is 3.22. The minimum absolute atomic E-state index is 0.358. The summed E-state index contributed by atoms with van der Waals surface area (Å²) in [5.74, 6) is 0. The topological polar surface area (TPSA) is 3.24 Å². The van der Waals surface area contributed by atoms with Crippen molar-refractivity contribution in [2.24, 2.45) is 0 Å². The van der Waals surface area contributed by atoms with E-state index in [1.807, 2.05) is 0 Å². The van der Waals surface area contributed by atoms with Crippen molar-refractivity contribution in [3.63, 3.8) is 0 Å². The largest absolute Gasteiger partial charge is 0.447 e. The Kier molecular flexibility index (Phi) is 4.49. The minimum atomic E-state index is -1.52. The number of hydrogen-bond donors (Lipinski definition) is 0. The maximum Gasteiger partial charge on any atom is 0.261 e. The molecule has 0 spiro atoms. The van der Waals surface area contributed by atoms with Gasteiger partial charge in [0.15, 0.2) is 0 Å². The van der Waals surface area contributed by atoms with Crippen LogP contribution in [0.3, 0.4) is 0 Å². The molecule has 1 heterocycles. The summed E-state index contributed by atoms with van der Waals surface area (Å²) >= 11 is 0. The molecular formula is C19H30BNSi. The molecule has 3 heteroatoms. The lowest BCUT2D eigenvalue weighted by atomic mass is 9.73. The van der Waals surface area contributed by atoms with Crippen molar-refractivity contribution in [1.29, 1.82) is 0 Å². The van der Waals surface area contributed by atoms with Gasteiger partial charge in [-0.15, -0.1) is 0 Å². The summed E-state index contributed by atoms with van der Waals surface area (Å²) < 4.78 is 2.63. The van der Waals surface area contributed by atoms with Crippen LogP contribution in [0.1, 0.15) is 43.0 Å². The number of aryl methyl sites for hydroxylation is 3. The number of benzene rings is 1. The Hall–Kier alpha value is -1.22. The molecule has 0 atom stereocenters. The first-order chi connectivity index (χ1) is 10.0. The highest BCUT2D eigenvalue weighted by atomic mass is 28.3. The van der Waals surface area contributed by atoms with Crippen molar-refractivity contribution in [2.75, 3.05) is 0 Å². The third-order valence-electron chi connectivity index (χ3n) is 5.46. The smallest absolute Gasteiger partial charge is 0.261 e. The first kappa shape index (κ1) is 17.1. The molecule has 0 saturated heterocycles. The first-order valence-corrected chi connectivity index (χ1v) is 11.2. The van der Waals surface area contributed by atoms with E-state index < -0.39 is 8.24 Å². The third kappa shape index (κ3) is 3.10. The Morgan fingerprint density at radius 1 is 1.00 bits per heavy atom. The Bertz CT molecular complexity index is 612. The van der Waals surface area contributed by atoms with Gasteiger partial charge in [0.1, 0.15) is 8.24 Å². The summed E-state index contributed by atoms with van der Waals surface area (Å²) in [5.41, 5.74) is 7.05. The van der Waals surface area contributed by atoms with E-state index in [2.05, 4.69) is 89.6 Å². The maximum absolute atomic E-state index is 2.63. The Morgan fingerprint density at radius 3 is 2.05 bits per heavy atom. The molecule has 0 radical (unpaired) electrons. The first-order valence-electron chi connectivity index (χ1n) is 8.26. The fourth-order valence-corrected chi connectivity index (χ4v) is 5.10. The van der Waals surface area contributed by atoms with Crippen LogP contribution < -0.4 is 0 Å². The molecule has 0 aliphatic carbocycles. The molecule has 22 heavy (non-hydrogen) atoms. The van der Waals surface area contributed by atoms with Crippen molar-refractivity contribution in [1.82, 2.24) is 4.48 Å². The third-order valence-corrected chi connectivity index (χ3v) is 10.9. The summed E-state index contributed by atoms with van der Waals surface area (Å²) in [6, 6.07) is 4.61. The summed E-state index contributed by atoms with van der Waals surface area (Å²) in [6.07, 6.45) is 6.84. The molecule has 1 aliphatic heterocycles. The number of allylic oxidation sites excluding steroid dienone is 2. The zero-order chi connectivity index (χ0) is 16.7. The zero-order valence-corrected chi connectivity index (χ0v) is 16.5. The van der Waals surface area contributed by atoms with Crippen LogP contribution in [0.5, 0.6) is 0 Å². The van der Waals surface area contributed by atoms with Gasteiger partial charge in [0, 0.05) is 0 Å². The zero-order valence-electron chi connectivity index (χ0n) is 15.5. The van der Waals surface area contributed by atoms with Crippen LogP contribution >= 0.6 is 0 Å². The van der Waals surface area contributed by atoms with Crippen LogP contribution in [-0.2, 0) is 0 Å². The van der Waals surface area contributed by atoms with Crippen LogP contribution in [0.2, 0.25) is 18.1 Å². The highest BCUT2D eigenvalue weighted by Crippen LogP contribution is 2.40. The van der Waals surface area contributed by atoms with Crippen molar-refractivity contribution in [3.8, 4) is 0 Å². The van der Waals surface area contributed by atoms with E-state index in [-0.39, 0.29) is 0 Å². The fraction of sp³-hybridized carbons (Fsp3) is 0.474. The Labute approximate surface area is 138 Å². The highest BCUT2D eigenvalue weighted by molar-refractivity contribution is 6.86. The summed E-state index contributed by atoms with van der Waals surface area (Å²) in [4.78, 5) is 0. The number of nitrogens with zero attached hydrogens (tertiary/aromatic N) is 1. The maximum atomic E-state index is 2.63. The van der Waals surface area contributed by atoms with E-state index in [0.29, 0.717) is 5.04 Å². The summed E-state index contributed by atoms with van der Waals surface area (Å²) in [7, 11) is -0.479. The highest BCUT2D eigenvalue weighted by Gasteiger charge is 2.40. The quantitative estimate of drug-likeness (QED) is 0.684. The molecule has 0 aromatic heterocycles. The standard InChI is InChI=1S/C19H30BNSi/c1-14-12-15(2)18(16(3)13-14)17-10-9-11-21(20-17)22(7,8)19(4,5)6/h9-13,20H,1-8H3. The average molecular weight is 311 g/mol.